The highest BCUT2D eigenvalue weighted by atomic mass is 35.5. The molecule has 0 spiro atoms. The number of hydrogen-bond donors (Lipinski definition) is 1. The van der Waals surface area contributed by atoms with Crippen LogP contribution in [0.25, 0.3) is 0 Å². The molecule has 2 N–H and O–H groups in total. The number of amides is 1. The first-order valence-electron chi connectivity index (χ1n) is 8.46. The van der Waals surface area contributed by atoms with Crippen molar-refractivity contribution < 1.29 is 4.79 Å². The maximum absolute atomic E-state index is 12.0. The number of primary amides is 1. The van der Waals surface area contributed by atoms with Crippen LogP contribution in [0.3, 0.4) is 0 Å². The molecule has 2 aromatic rings. The number of nitrogens with two attached hydrogens (primary N) is 1. The molecule has 1 unspecified atom stereocenters. The minimum Gasteiger partial charge on any atom is -0.366 e. The fraction of sp³-hybridized carbons (Fsp3) is 0.300. The molecule has 0 fully saturated rings. The zero-order chi connectivity index (χ0) is 20.1. The van der Waals surface area contributed by atoms with Gasteiger partial charge in [0, 0.05) is 39.9 Å². The van der Waals surface area contributed by atoms with Gasteiger partial charge in [0.25, 0.3) is 5.91 Å². The van der Waals surface area contributed by atoms with E-state index in [4.69, 9.17) is 28.9 Å². The zero-order valence-corrected chi connectivity index (χ0v) is 18.1. The maximum Gasteiger partial charge on any atom is 0.250 e. The van der Waals surface area contributed by atoms with Gasteiger partial charge in [-0.15, -0.1) is 11.8 Å². The van der Waals surface area contributed by atoms with Crippen LogP contribution in [0.15, 0.2) is 51.8 Å². The van der Waals surface area contributed by atoms with Crippen molar-refractivity contribution in [2.24, 2.45) is 5.73 Å². The number of rotatable bonds is 7. The average molecular weight is 424 g/mol. The zero-order valence-electron chi connectivity index (χ0n) is 15.8. The number of hydrogen-bond acceptors (Lipinski definition) is 3. The summed E-state index contributed by atoms with van der Waals surface area (Å²) < 4.78 is 2.12. The molecule has 144 valence electrons. The number of aromatic nitrogens is 2. The van der Waals surface area contributed by atoms with Gasteiger partial charge in [-0.25, -0.2) is 0 Å². The lowest BCUT2D eigenvalue weighted by molar-refractivity contribution is 0.0999. The van der Waals surface area contributed by atoms with Crippen LogP contribution < -0.4 is 5.73 Å². The van der Waals surface area contributed by atoms with Crippen molar-refractivity contribution in [3.05, 3.63) is 69.1 Å². The Balaban J connectivity index is 2.43. The number of carbonyl (C=O) groups excluding carboxylic acids is 1. The monoisotopic (exact) mass is 423 g/mol. The number of nitrogens with zero attached hydrogens (tertiary/aromatic N) is 2. The van der Waals surface area contributed by atoms with E-state index < -0.39 is 5.91 Å². The SMILES string of the molecule is C/C(Cl)=C\C(Cl)=C/C(C)Sc1c(C)c(C(N)=O)c(C)n1Cc1ccncc1. The molecule has 0 aliphatic heterocycles. The third-order valence-corrected chi connectivity index (χ3v) is 5.67. The molecule has 2 aromatic heterocycles. The number of pyridine rings is 1. The molecular weight excluding hydrogens is 401 g/mol. The normalized spacial score (nSPS) is 13.7. The van der Waals surface area contributed by atoms with E-state index in [0.717, 1.165) is 21.8 Å². The van der Waals surface area contributed by atoms with E-state index in [0.29, 0.717) is 22.2 Å². The third-order valence-electron chi connectivity index (χ3n) is 4.07. The van der Waals surface area contributed by atoms with Gasteiger partial charge < -0.3 is 10.3 Å². The molecule has 1 amide bonds. The van der Waals surface area contributed by atoms with E-state index in [9.17, 15) is 4.79 Å². The number of allylic oxidation sites excluding steroid dienone is 3. The Labute approximate surface area is 174 Å². The Hall–Kier alpha value is -1.69. The molecule has 1 atom stereocenters. The summed E-state index contributed by atoms with van der Waals surface area (Å²) in [6.45, 7) is 8.31. The highest BCUT2D eigenvalue weighted by Crippen LogP contribution is 2.34. The quantitative estimate of drug-likeness (QED) is 0.479. The Morgan fingerprint density at radius 1 is 1.33 bits per heavy atom. The fourth-order valence-corrected chi connectivity index (χ4v) is 4.69. The second kappa shape index (κ2) is 9.49. The molecule has 0 radical (unpaired) electrons. The summed E-state index contributed by atoms with van der Waals surface area (Å²) in [6.07, 6.45) is 7.16. The van der Waals surface area contributed by atoms with Gasteiger partial charge in [-0.3, -0.25) is 9.78 Å². The minimum atomic E-state index is -0.415. The Morgan fingerprint density at radius 2 is 1.96 bits per heavy atom. The van der Waals surface area contributed by atoms with Crippen LogP contribution in [0.2, 0.25) is 0 Å². The molecule has 0 bridgehead atoms. The fourth-order valence-electron chi connectivity index (χ4n) is 2.92. The second-order valence-corrected chi connectivity index (χ2v) is 8.70. The Morgan fingerprint density at radius 3 is 2.52 bits per heavy atom. The number of thioether (sulfide) groups is 1. The summed E-state index contributed by atoms with van der Waals surface area (Å²) in [5.74, 6) is -0.415. The average Bonchev–Trinajstić information content (AvgIpc) is 2.79. The Bertz CT molecular complexity index is 884. The van der Waals surface area contributed by atoms with Crippen molar-refractivity contribution in [2.45, 2.75) is 44.5 Å². The van der Waals surface area contributed by atoms with Crippen LogP contribution in [0.1, 0.15) is 41.0 Å². The van der Waals surface area contributed by atoms with Crippen LogP contribution in [-0.4, -0.2) is 20.7 Å². The second-order valence-electron chi connectivity index (χ2n) is 6.30. The highest BCUT2D eigenvalue weighted by Gasteiger charge is 2.22. The maximum atomic E-state index is 12.0. The molecule has 2 heterocycles. The molecule has 0 saturated heterocycles. The van der Waals surface area contributed by atoms with Crippen LogP contribution in [0.5, 0.6) is 0 Å². The van der Waals surface area contributed by atoms with Gasteiger partial charge in [-0.1, -0.05) is 29.3 Å². The summed E-state index contributed by atoms with van der Waals surface area (Å²) in [6, 6.07) is 3.92. The summed E-state index contributed by atoms with van der Waals surface area (Å²) in [5, 5.41) is 2.28. The first-order chi connectivity index (χ1) is 12.7. The van der Waals surface area contributed by atoms with Crippen molar-refractivity contribution in [2.75, 3.05) is 0 Å². The topological polar surface area (TPSA) is 60.9 Å². The summed E-state index contributed by atoms with van der Waals surface area (Å²) in [4.78, 5) is 16.0. The van der Waals surface area contributed by atoms with Crippen molar-refractivity contribution in [3.8, 4) is 0 Å². The molecule has 0 aromatic carbocycles. The molecule has 4 nitrogen and oxygen atoms in total. The predicted molar refractivity (Wildman–Crippen MR) is 115 cm³/mol. The van der Waals surface area contributed by atoms with Crippen molar-refractivity contribution in [1.29, 1.82) is 0 Å². The van der Waals surface area contributed by atoms with E-state index >= 15 is 0 Å². The van der Waals surface area contributed by atoms with Crippen LogP contribution >= 0.6 is 35.0 Å². The predicted octanol–water partition coefficient (Wildman–Crippen LogP) is 5.39. The lowest BCUT2D eigenvalue weighted by atomic mass is 10.1. The van der Waals surface area contributed by atoms with Gasteiger partial charge >= 0.3 is 0 Å². The van der Waals surface area contributed by atoms with E-state index in [2.05, 4.69) is 9.55 Å². The van der Waals surface area contributed by atoms with Crippen LogP contribution in [0, 0.1) is 13.8 Å². The lowest BCUT2D eigenvalue weighted by Crippen LogP contribution is -2.13. The lowest BCUT2D eigenvalue weighted by Gasteiger charge is -2.14. The highest BCUT2D eigenvalue weighted by molar-refractivity contribution is 8.00. The molecule has 27 heavy (non-hydrogen) atoms. The third kappa shape index (κ3) is 5.64. The summed E-state index contributed by atoms with van der Waals surface area (Å²) >= 11 is 13.7. The number of carbonyl (C=O) groups is 1. The van der Waals surface area contributed by atoms with Crippen molar-refractivity contribution in [1.82, 2.24) is 9.55 Å². The minimum absolute atomic E-state index is 0.0784. The molecular formula is C20H23Cl2N3OS. The van der Waals surface area contributed by atoms with E-state index in [1.807, 2.05) is 39.0 Å². The standard InChI is InChI=1S/C20H23Cl2N3OS/c1-12(21)9-17(22)10-13(2)27-20-14(3)18(19(23)26)15(4)25(20)11-16-5-7-24-8-6-16/h5-10,13H,11H2,1-4H3,(H2,23,26)/b12-9+,17-10+. The Kier molecular flexibility index (Phi) is 7.59. The van der Waals surface area contributed by atoms with Gasteiger partial charge in [0.1, 0.15) is 0 Å². The van der Waals surface area contributed by atoms with Crippen molar-refractivity contribution >= 4 is 40.9 Å². The first kappa shape index (κ1) is 21.6. The molecule has 2 rings (SSSR count). The van der Waals surface area contributed by atoms with E-state index in [-0.39, 0.29) is 5.25 Å². The van der Waals surface area contributed by atoms with Gasteiger partial charge in [0.05, 0.1) is 10.6 Å². The van der Waals surface area contributed by atoms with Crippen LogP contribution in [0.4, 0.5) is 0 Å². The molecule has 0 aliphatic rings. The molecule has 0 aliphatic carbocycles. The van der Waals surface area contributed by atoms with Gasteiger partial charge in [-0.2, -0.15) is 0 Å². The largest absolute Gasteiger partial charge is 0.366 e. The number of halogens is 2. The molecule has 7 heteroatoms. The van der Waals surface area contributed by atoms with E-state index in [1.165, 1.54) is 0 Å². The van der Waals surface area contributed by atoms with Gasteiger partial charge in [0.2, 0.25) is 0 Å². The van der Waals surface area contributed by atoms with Crippen LogP contribution in [-0.2, 0) is 6.54 Å². The smallest absolute Gasteiger partial charge is 0.250 e. The van der Waals surface area contributed by atoms with E-state index in [1.54, 1.807) is 37.2 Å². The van der Waals surface area contributed by atoms with Crippen molar-refractivity contribution in [3.63, 3.8) is 0 Å². The first-order valence-corrected chi connectivity index (χ1v) is 10.1. The summed E-state index contributed by atoms with van der Waals surface area (Å²) in [7, 11) is 0. The molecule has 0 saturated carbocycles. The van der Waals surface area contributed by atoms with Gasteiger partial charge in [0.15, 0.2) is 0 Å². The van der Waals surface area contributed by atoms with Gasteiger partial charge in [-0.05, 0) is 57.0 Å². The summed E-state index contributed by atoms with van der Waals surface area (Å²) in [5.41, 5.74) is 9.05.